The summed E-state index contributed by atoms with van der Waals surface area (Å²) in [5.74, 6) is 0. The summed E-state index contributed by atoms with van der Waals surface area (Å²) in [6.07, 6.45) is 0. The Kier molecular flexibility index (Phi) is 5.65. The molecule has 1 aliphatic heterocycles. The summed E-state index contributed by atoms with van der Waals surface area (Å²) in [7, 11) is 0. The second-order valence-corrected chi connectivity index (χ2v) is 4.53. The Morgan fingerprint density at radius 1 is 1.19 bits per heavy atom. The van der Waals surface area contributed by atoms with Crippen molar-refractivity contribution in [3.8, 4) is 0 Å². The Morgan fingerprint density at radius 3 is 2.50 bits per heavy atom. The first kappa shape index (κ1) is 14.4. The van der Waals surface area contributed by atoms with Crippen LogP contribution >= 0.6 is 47.2 Å². The minimum Gasteiger partial charge on any atom is -0.378 e. The molecule has 90 valence electrons. The minimum absolute atomic E-state index is 0. The maximum absolute atomic E-state index is 6.12. The predicted octanol–water partition coefficient (Wildman–Crippen LogP) is 3.73. The van der Waals surface area contributed by atoms with Crippen LogP contribution in [-0.4, -0.2) is 19.8 Å². The maximum atomic E-state index is 6.12. The van der Waals surface area contributed by atoms with Gasteiger partial charge in [0.05, 0.1) is 29.3 Å². The molecule has 1 aromatic carbocycles. The number of halogens is 4. The van der Waals surface area contributed by atoms with Crippen molar-refractivity contribution in [2.75, 3.05) is 19.8 Å². The van der Waals surface area contributed by atoms with Crippen LogP contribution in [0.5, 0.6) is 0 Å². The second-order valence-electron chi connectivity index (χ2n) is 3.34. The summed E-state index contributed by atoms with van der Waals surface area (Å²) in [5.41, 5.74) is 0.825. The Balaban J connectivity index is 0.00000128. The zero-order valence-corrected chi connectivity index (χ0v) is 11.4. The van der Waals surface area contributed by atoms with E-state index in [1.165, 1.54) is 0 Å². The van der Waals surface area contributed by atoms with Gasteiger partial charge in [0.1, 0.15) is 0 Å². The van der Waals surface area contributed by atoms with Crippen molar-refractivity contribution >= 4 is 47.2 Å². The van der Waals surface area contributed by atoms with Crippen molar-refractivity contribution in [2.45, 2.75) is 6.04 Å². The van der Waals surface area contributed by atoms with Crippen LogP contribution < -0.4 is 5.32 Å². The molecule has 1 aromatic rings. The van der Waals surface area contributed by atoms with E-state index in [9.17, 15) is 0 Å². The van der Waals surface area contributed by atoms with Crippen LogP contribution in [-0.2, 0) is 4.74 Å². The standard InChI is InChI=1S/C10H10Cl3NO.ClH/c11-6-1-2-7(12)10(13)9(6)8-5-15-4-3-14-8;/h1-2,8,14H,3-5H2;1H/t8-;/m1./s1. The summed E-state index contributed by atoms with van der Waals surface area (Å²) in [5, 5.41) is 4.93. The predicted molar refractivity (Wildman–Crippen MR) is 70.3 cm³/mol. The van der Waals surface area contributed by atoms with Crippen LogP contribution in [0, 0.1) is 0 Å². The third kappa shape index (κ3) is 2.95. The highest BCUT2D eigenvalue weighted by Crippen LogP contribution is 2.36. The summed E-state index contributed by atoms with van der Waals surface area (Å²) in [4.78, 5) is 0. The number of benzene rings is 1. The zero-order valence-electron chi connectivity index (χ0n) is 8.30. The zero-order chi connectivity index (χ0) is 10.8. The highest BCUT2D eigenvalue weighted by atomic mass is 35.5. The molecular formula is C10H11Cl4NO. The van der Waals surface area contributed by atoms with Gasteiger partial charge in [-0.15, -0.1) is 12.4 Å². The maximum Gasteiger partial charge on any atom is 0.0663 e. The van der Waals surface area contributed by atoms with Crippen molar-refractivity contribution in [2.24, 2.45) is 0 Å². The molecule has 2 nitrogen and oxygen atoms in total. The molecule has 6 heteroatoms. The highest BCUT2D eigenvalue weighted by Gasteiger charge is 2.21. The summed E-state index contributed by atoms with van der Waals surface area (Å²) < 4.78 is 5.36. The first-order valence-corrected chi connectivity index (χ1v) is 5.78. The molecule has 1 atom stereocenters. The van der Waals surface area contributed by atoms with Gasteiger partial charge in [0, 0.05) is 17.1 Å². The lowest BCUT2D eigenvalue weighted by molar-refractivity contribution is 0.0769. The van der Waals surface area contributed by atoms with Gasteiger partial charge in [-0.2, -0.15) is 0 Å². The van der Waals surface area contributed by atoms with Gasteiger partial charge in [-0.3, -0.25) is 0 Å². The quantitative estimate of drug-likeness (QED) is 0.798. The van der Waals surface area contributed by atoms with E-state index in [4.69, 9.17) is 39.5 Å². The lowest BCUT2D eigenvalue weighted by atomic mass is 10.1. The fourth-order valence-electron chi connectivity index (χ4n) is 1.61. The summed E-state index contributed by atoms with van der Waals surface area (Å²) in [6.45, 7) is 2.08. The number of hydrogen-bond acceptors (Lipinski definition) is 2. The smallest absolute Gasteiger partial charge is 0.0663 e. The molecule has 1 aliphatic rings. The number of rotatable bonds is 1. The molecule has 1 N–H and O–H groups in total. The van der Waals surface area contributed by atoms with Gasteiger partial charge in [0.2, 0.25) is 0 Å². The molecule has 16 heavy (non-hydrogen) atoms. The normalized spacial score (nSPS) is 20.3. The number of hydrogen-bond donors (Lipinski definition) is 1. The monoisotopic (exact) mass is 301 g/mol. The van der Waals surface area contributed by atoms with Crippen LogP contribution in [0.4, 0.5) is 0 Å². The van der Waals surface area contributed by atoms with Crippen LogP contribution in [0.15, 0.2) is 12.1 Å². The first-order chi connectivity index (χ1) is 7.20. The van der Waals surface area contributed by atoms with Crippen LogP contribution in [0.2, 0.25) is 15.1 Å². The summed E-state index contributed by atoms with van der Waals surface area (Å²) in [6, 6.07) is 3.47. The van der Waals surface area contributed by atoms with Gasteiger partial charge >= 0.3 is 0 Å². The Labute approximate surface area is 116 Å². The number of nitrogens with one attached hydrogen (secondary N) is 1. The molecule has 0 radical (unpaired) electrons. The molecule has 0 aromatic heterocycles. The third-order valence-corrected chi connectivity index (χ3v) is 3.50. The van der Waals surface area contributed by atoms with Crippen molar-refractivity contribution < 1.29 is 4.74 Å². The fourth-order valence-corrected chi connectivity index (χ4v) is 2.41. The van der Waals surface area contributed by atoms with Crippen molar-refractivity contribution in [1.82, 2.24) is 5.32 Å². The van der Waals surface area contributed by atoms with Gasteiger partial charge in [0.25, 0.3) is 0 Å². The van der Waals surface area contributed by atoms with E-state index in [1.807, 2.05) is 0 Å². The molecular weight excluding hydrogens is 292 g/mol. The Morgan fingerprint density at radius 2 is 1.88 bits per heavy atom. The van der Waals surface area contributed by atoms with E-state index >= 15 is 0 Å². The van der Waals surface area contributed by atoms with E-state index in [0.717, 1.165) is 12.1 Å². The van der Waals surface area contributed by atoms with E-state index in [2.05, 4.69) is 5.32 Å². The molecule has 1 heterocycles. The minimum atomic E-state index is 0. The molecule has 0 amide bonds. The molecule has 2 rings (SSSR count). The average molecular weight is 303 g/mol. The van der Waals surface area contributed by atoms with Gasteiger partial charge < -0.3 is 10.1 Å². The molecule has 1 fully saturated rings. The molecule has 1 saturated heterocycles. The van der Waals surface area contributed by atoms with Gasteiger partial charge in [-0.25, -0.2) is 0 Å². The van der Waals surface area contributed by atoms with Crippen molar-refractivity contribution in [1.29, 1.82) is 0 Å². The van der Waals surface area contributed by atoms with Gasteiger partial charge in [0.15, 0.2) is 0 Å². The number of ether oxygens (including phenoxy) is 1. The van der Waals surface area contributed by atoms with Crippen molar-refractivity contribution in [3.05, 3.63) is 32.8 Å². The SMILES string of the molecule is Cl.Clc1ccc(Cl)c([C@H]2COCCN2)c1Cl. The van der Waals surface area contributed by atoms with Crippen LogP contribution in [0.3, 0.4) is 0 Å². The third-order valence-electron chi connectivity index (χ3n) is 2.35. The first-order valence-electron chi connectivity index (χ1n) is 4.64. The topological polar surface area (TPSA) is 21.3 Å². The van der Waals surface area contributed by atoms with E-state index in [-0.39, 0.29) is 18.4 Å². The van der Waals surface area contributed by atoms with Crippen LogP contribution in [0.25, 0.3) is 0 Å². The Bertz CT molecular complexity index is 366. The highest BCUT2D eigenvalue weighted by molar-refractivity contribution is 6.44. The summed E-state index contributed by atoms with van der Waals surface area (Å²) >= 11 is 18.2. The largest absolute Gasteiger partial charge is 0.378 e. The second kappa shape index (κ2) is 6.29. The van der Waals surface area contributed by atoms with Crippen LogP contribution in [0.1, 0.15) is 11.6 Å². The van der Waals surface area contributed by atoms with Gasteiger partial charge in [-0.05, 0) is 12.1 Å². The molecule has 0 aliphatic carbocycles. The molecule has 0 bridgehead atoms. The fraction of sp³-hybridized carbons (Fsp3) is 0.400. The average Bonchev–Trinajstić information content (AvgIpc) is 2.26. The molecule has 0 saturated carbocycles. The van der Waals surface area contributed by atoms with Crippen molar-refractivity contribution in [3.63, 3.8) is 0 Å². The molecule has 0 spiro atoms. The molecule has 0 unspecified atom stereocenters. The van der Waals surface area contributed by atoms with E-state index in [1.54, 1.807) is 12.1 Å². The van der Waals surface area contributed by atoms with E-state index in [0.29, 0.717) is 28.3 Å². The lowest BCUT2D eigenvalue weighted by Gasteiger charge is -2.26. The lowest BCUT2D eigenvalue weighted by Crippen LogP contribution is -2.34. The Hall–Kier alpha value is 0.300. The van der Waals surface area contributed by atoms with Gasteiger partial charge in [-0.1, -0.05) is 34.8 Å². The number of morpholine rings is 1. The van der Waals surface area contributed by atoms with E-state index < -0.39 is 0 Å².